The van der Waals surface area contributed by atoms with Crippen LogP contribution in [0.2, 0.25) is 0 Å². The minimum atomic E-state index is -0.877. The fourth-order valence-corrected chi connectivity index (χ4v) is 2.35. The number of pyridine rings is 1. The van der Waals surface area contributed by atoms with Gasteiger partial charge in [0, 0.05) is 40.4 Å². The first kappa shape index (κ1) is 14.9. The molecule has 0 fully saturated rings. The molecule has 20 heavy (non-hydrogen) atoms. The van der Waals surface area contributed by atoms with Gasteiger partial charge in [0.25, 0.3) is 0 Å². The van der Waals surface area contributed by atoms with Crippen LogP contribution in [-0.2, 0) is 10.8 Å². The number of benzene rings is 1. The summed E-state index contributed by atoms with van der Waals surface area (Å²) in [4.78, 5) is 4.66. The lowest BCUT2D eigenvalue weighted by Gasteiger charge is -2.16. The number of anilines is 1. The zero-order chi connectivity index (χ0) is 14.7. The fraction of sp³-hybridized carbons (Fsp3) is 0.286. The summed E-state index contributed by atoms with van der Waals surface area (Å²) in [6, 6.07) is 7.79. The zero-order valence-corrected chi connectivity index (χ0v) is 13.1. The standard InChI is InChI=1S/C14H17N3OS2/c1-9(20(2)18)7-17-13-10-5-3-4-6-12(10)16-8-11(13)14(15)19/h3-6,8-9H,7H2,1-2H3,(H2,15,19)(H,16,17). The summed E-state index contributed by atoms with van der Waals surface area (Å²) in [5.74, 6) is 0. The maximum absolute atomic E-state index is 11.5. The minimum absolute atomic E-state index is 0.0427. The largest absolute Gasteiger partial charge is 0.389 e. The van der Waals surface area contributed by atoms with E-state index in [1.807, 2.05) is 31.2 Å². The SMILES string of the molecule is CC(CNc1c(C(N)=S)cnc2ccccc12)S(C)=O. The van der Waals surface area contributed by atoms with E-state index in [0.29, 0.717) is 17.1 Å². The molecule has 6 heteroatoms. The van der Waals surface area contributed by atoms with Crippen molar-refractivity contribution in [2.45, 2.75) is 12.2 Å². The number of hydrogen-bond donors (Lipinski definition) is 2. The molecule has 0 amide bonds. The van der Waals surface area contributed by atoms with Crippen molar-refractivity contribution in [1.82, 2.24) is 4.98 Å². The molecule has 3 N–H and O–H groups in total. The Kier molecular flexibility index (Phi) is 4.67. The van der Waals surface area contributed by atoms with Crippen LogP contribution in [0.1, 0.15) is 12.5 Å². The van der Waals surface area contributed by atoms with Crippen LogP contribution in [0.5, 0.6) is 0 Å². The topological polar surface area (TPSA) is 68.0 Å². The molecular weight excluding hydrogens is 290 g/mol. The molecule has 0 radical (unpaired) electrons. The molecular formula is C14H17N3OS2. The highest BCUT2D eigenvalue weighted by atomic mass is 32.2. The van der Waals surface area contributed by atoms with Gasteiger partial charge in [-0.3, -0.25) is 9.19 Å². The van der Waals surface area contributed by atoms with Gasteiger partial charge >= 0.3 is 0 Å². The van der Waals surface area contributed by atoms with E-state index in [4.69, 9.17) is 18.0 Å². The van der Waals surface area contributed by atoms with Crippen LogP contribution in [0.25, 0.3) is 10.9 Å². The minimum Gasteiger partial charge on any atom is -0.389 e. The lowest BCUT2D eigenvalue weighted by atomic mass is 10.1. The molecule has 1 aromatic carbocycles. The van der Waals surface area contributed by atoms with E-state index in [1.165, 1.54) is 0 Å². The first-order chi connectivity index (χ1) is 9.50. The summed E-state index contributed by atoms with van der Waals surface area (Å²) in [6.07, 6.45) is 3.38. The van der Waals surface area contributed by atoms with Crippen LogP contribution < -0.4 is 11.1 Å². The van der Waals surface area contributed by atoms with E-state index in [1.54, 1.807) is 12.5 Å². The van der Waals surface area contributed by atoms with Gasteiger partial charge in [-0.05, 0) is 13.0 Å². The van der Waals surface area contributed by atoms with E-state index in [-0.39, 0.29) is 5.25 Å². The number of rotatable bonds is 5. The third-order valence-corrected chi connectivity index (χ3v) is 4.69. The molecule has 2 aromatic rings. The van der Waals surface area contributed by atoms with Crippen LogP contribution in [0.4, 0.5) is 5.69 Å². The molecule has 0 bridgehead atoms. The Morgan fingerprint density at radius 2 is 2.20 bits per heavy atom. The van der Waals surface area contributed by atoms with E-state index >= 15 is 0 Å². The first-order valence-corrected chi connectivity index (χ1v) is 8.27. The Morgan fingerprint density at radius 1 is 1.50 bits per heavy atom. The monoisotopic (exact) mass is 307 g/mol. The van der Waals surface area contributed by atoms with Gasteiger partial charge < -0.3 is 11.1 Å². The molecule has 106 valence electrons. The van der Waals surface area contributed by atoms with Crippen molar-refractivity contribution < 1.29 is 4.21 Å². The van der Waals surface area contributed by atoms with Crippen molar-refractivity contribution >= 4 is 44.6 Å². The number of fused-ring (bicyclic) bond motifs is 1. The smallest absolute Gasteiger partial charge is 0.107 e. The Bertz CT molecular complexity index is 673. The number of thiocarbonyl (C=S) groups is 1. The number of nitrogens with one attached hydrogen (secondary N) is 1. The van der Waals surface area contributed by atoms with Gasteiger partial charge in [-0.25, -0.2) is 0 Å². The zero-order valence-electron chi connectivity index (χ0n) is 11.4. The molecule has 2 unspecified atom stereocenters. The van der Waals surface area contributed by atoms with Crippen LogP contribution in [-0.4, -0.2) is 32.2 Å². The average Bonchev–Trinajstić information content (AvgIpc) is 2.43. The van der Waals surface area contributed by atoms with E-state index in [2.05, 4.69) is 10.3 Å². The first-order valence-electron chi connectivity index (χ1n) is 6.24. The molecule has 0 saturated carbocycles. The summed E-state index contributed by atoms with van der Waals surface area (Å²) >= 11 is 5.08. The second-order valence-corrected chi connectivity index (χ2v) is 6.86. The summed E-state index contributed by atoms with van der Waals surface area (Å²) in [6.45, 7) is 2.53. The maximum Gasteiger partial charge on any atom is 0.107 e. The predicted molar refractivity (Wildman–Crippen MR) is 89.6 cm³/mol. The Labute approximate surface area is 126 Å². The summed E-state index contributed by atoms with van der Waals surface area (Å²) in [7, 11) is -0.877. The lowest BCUT2D eigenvalue weighted by Crippen LogP contribution is -2.23. The van der Waals surface area contributed by atoms with Gasteiger partial charge in [0.1, 0.15) is 4.99 Å². The molecule has 0 aliphatic carbocycles. The fourth-order valence-electron chi connectivity index (χ4n) is 1.88. The second-order valence-electron chi connectivity index (χ2n) is 4.62. The van der Waals surface area contributed by atoms with E-state index < -0.39 is 10.8 Å². The number of para-hydroxylation sites is 1. The van der Waals surface area contributed by atoms with Gasteiger partial charge in [-0.2, -0.15) is 0 Å². The van der Waals surface area contributed by atoms with Crippen molar-refractivity contribution in [1.29, 1.82) is 0 Å². The highest BCUT2D eigenvalue weighted by Crippen LogP contribution is 2.25. The molecule has 2 atom stereocenters. The predicted octanol–water partition coefficient (Wildman–Crippen LogP) is 2.05. The number of aromatic nitrogens is 1. The molecule has 0 spiro atoms. The molecule has 1 heterocycles. The van der Waals surface area contributed by atoms with Crippen molar-refractivity contribution in [3.63, 3.8) is 0 Å². The third-order valence-electron chi connectivity index (χ3n) is 3.17. The van der Waals surface area contributed by atoms with Gasteiger partial charge in [0.15, 0.2) is 0 Å². The molecule has 2 rings (SSSR count). The summed E-state index contributed by atoms with van der Waals surface area (Å²) in [5, 5.41) is 4.33. The molecule has 1 aromatic heterocycles. The second kappa shape index (κ2) is 6.28. The van der Waals surface area contributed by atoms with Crippen molar-refractivity contribution in [3.8, 4) is 0 Å². The van der Waals surface area contributed by atoms with Crippen molar-refractivity contribution in [3.05, 3.63) is 36.0 Å². The number of nitrogens with two attached hydrogens (primary N) is 1. The highest BCUT2D eigenvalue weighted by molar-refractivity contribution is 7.84. The number of hydrogen-bond acceptors (Lipinski definition) is 4. The number of nitrogens with zero attached hydrogens (tertiary/aromatic N) is 1. The van der Waals surface area contributed by atoms with Gasteiger partial charge in [0.05, 0.1) is 16.8 Å². The Hall–Kier alpha value is -1.53. The van der Waals surface area contributed by atoms with Gasteiger partial charge in [-0.15, -0.1) is 0 Å². The summed E-state index contributed by atoms with van der Waals surface area (Å²) in [5.41, 5.74) is 8.22. The third kappa shape index (κ3) is 3.13. The van der Waals surface area contributed by atoms with Crippen molar-refractivity contribution in [2.24, 2.45) is 5.73 Å². The summed E-state index contributed by atoms with van der Waals surface area (Å²) < 4.78 is 11.5. The molecule has 0 saturated heterocycles. The van der Waals surface area contributed by atoms with Gasteiger partial charge in [0.2, 0.25) is 0 Å². The average molecular weight is 307 g/mol. The quantitative estimate of drug-likeness (QED) is 0.828. The maximum atomic E-state index is 11.5. The van der Waals surface area contributed by atoms with Crippen molar-refractivity contribution in [2.75, 3.05) is 18.1 Å². The van der Waals surface area contributed by atoms with E-state index in [0.717, 1.165) is 16.6 Å². The van der Waals surface area contributed by atoms with E-state index in [9.17, 15) is 4.21 Å². The Balaban J connectivity index is 2.44. The van der Waals surface area contributed by atoms with Crippen LogP contribution in [0, 0.1) is 0 Å². The highest BCUT2D eigenvalue weighted by Gasteiger charge is 2.13. The van der Waals surface area contributed by atoms with Crippen LogP contribution in [0.3, 0.4) is 0 Å². The van der Waals surface area contributed by atoms with Crippen LogP contribution >= 0.6 is 12.2 Å². The van der Waals surface area contributed by atoms with Gasteiger partial charge in [-0.1, -0.05) is 30.4 Å². The Morgan fingerprint density at radius 3 is 2.85 bits per heavy atom. The lowest BCUT2D eigenvalue weighted by molar-refractivity contribution is 0.679. The normalized spacial score (nSPS) is 13.9. The van der Waals surface area contributed by atoms with Crippen LogP contribution in [0.15, 0.2) is 30.5 Å². The molecule has 4 nitrogen and oxygen atoms in total. The molecule has 0 aliphatic heterocycles. The molecule has 0 aliphatic rings.